The molecule has 7 nitrogen and oxygen atoms in total. The highest BCUT2D eigenvalue weighted by Crippen LogP contribution is 2.59. The summed E-state index contributed by atoms with van der Waals surface area (Å²) < 4.78 is 16.5. The minimum absolute atomic E-state index is 0.0501. The number of benzene rings is 2. The number of halogens is 1. The van der Waals surface area contributed by atoms with Gasteiger partial charge in [0, 0.05) is 28.3 Å². The maximum absolute atomic E-state index is 14.0. The van der Waals surface area contributed by atoms with Crippen molar-refractivity contribution in [1.29, 1.82) is 0 Å². The van der Waals surface area contributed by atoms with Gasteiger partial charge in [-0.2, -0.15) is 0 Å². The van der Waals surface area contributed by atoms with E-state index >= 15 is 0 Å². The molecule has 8 heteroatoms. The van der Waals surface area contributed by atoms with E-state index < -0.39 is 41.1 Å². The van der Waals surface area contributed by atoms with Crippen LogP contribution in [0.15, 0.2) is 59.1 Å². The van der Waals surface area contributed by atoms with Crippen LogP contribution in [0.3, 0.4) is 0 Å². The van der Waals surface area contributed by atoms with E-state index in [2.05, 4.69) is 15.9 Å². The first-order valence-electron chi connectivity index (χ1n) is 11.6. The first kappa shape index (κ1) is 26.6. The zero-order chi connectivity index (χ0) is 25.6. The standard InChI is InChI=1S/C27H29BrO7/c1-4-34-25(31)27(26(32)35-5-2)16-19(15-21(29)33-3)22(23(27)17-9-7-6-8-10-17)24(30)18-11-13-20(28)14-12-18/h6-14,19,22-23H,4-5,15-16H2,1-3H3/t19-,22+,23+/m0/s1. The normalized spacial score (nSPS) is 20.6. The molecule has 0 radical (unpaired) electrons. The van der Waals surface area contributed by atoms with Crippen LogP contribution < -0.4 is 0 Å². The fourth-order valence-electron chi connectivity index (χ4n) is 5.09. The van der Waals surface area contributed by atoms with Gasteiger partial charge in [0.2, 0.25) is 0 Å². The van der Waals surface area contributed by atoms with Crippen molar-refractivity contribution in [2.24, 2.45) is 17.3 Å². The summed E-state index contributed by atoms with van der Waals surface area (Å²) >= 11 is 3.38. The van der Waals surface area contributed by atoms with Crippen LogP contribution in [0, 0.1) is 17.3 Å². The second-order valence-corrected chi connectivity index (χ2v) is 9.36. The summed E-state index contributed by atoms with van der Waals surface area (Å²) in [6.45, 7) is 3.40. The number of rotatable bonds is 9. The third kappa shape index (κ3) is 5.32. The van der Waals surface area contributed by atoms with Crippen LogP contribution in [0.5, 0.6) is 0 Å². The Bertz CT molecular complexity index is 1050. The van der Waals surface area contributed by atoms with E-state index in [1.807, 2.05) is 6.07 Å². The number of carbonyl (C=O) groups excluding carboxylic acids is 4. The summed E-state index contributed by atoms with van der Waals surface area (Å²) in [5.41, 5.74) is -0.754. The van der Waals surface area contributed by atoms with Gasteiger partial charge in [-0.15, -0.1) is 0 Å². The van der Waals surface area contributed by atoms with E-state index in [1.165, 1.54) is 7.11 Å². The Morgan fingerprint density at radius 2 is 1.49 bits per heavy atom. The van der Waals surface area contributed by atoms with Crippen LogP contribution >= 0.6 is 15.9 Å². The quantitative estimate of drug-likeness (QED) is 0.195. The Morgan fingerprint density at radius 3 is 2.00 bits per heavy atom. The Hall–Kier alpha value is -3.00. The molecule has 0 N–H and O–H groups in total. The van der Waals surface area contributed by atoms with E-state index in [9.17, 15) is 19.2 Å². The van der Waals surface area contributed by atoms with Gasteiger partial charge in [-0.3, -0.25) is 19.2 Å². The smallest absolute Gasteiger partial charge is 0.324 e. The van der Waals surface area contributed by atoms with Crippen molar-refractivity contribution < 1.29 is 33.4 Å². The van der Waals surface area contributed by atoms with Gasteiger partial charge in [-0.1, -0.05) is 58.4 Å². The van der Waals surface area contributed by atoms with Gasteiger partial charge in [-0.25, -0.2) is 0 Å². The first-order valence-corrected chi connectivity index (χ1v) is 12.3. The number of esters is 3. The first-order chi connectivity index (χ1) is 16.8. The van der Waals surface area contributed by atoms with Crippen LogP contribution in [0.4, 0.5) is 0 Å². The zero-order valence-corrected chi connectivity index (χ0v) is 21.6. The molecule has 1 saturated carbocycles. The van der Waals surface area contributed by atoms with Crippen molar-refractivity contribution in [2.45, 2.75) is 32.6 Å². The molecule has 3 atom stereocenters. The summed E-state index contributed by atoms with van der Waals surface area (Å²) in [4.78, 5) is 53.5. The molecule has 0 unspecified atom stereocenters. The molecule has 0 bridgehead atoms. The highest BCUT2D eigenvalue weighted by atomic mass is 79.9. The molecule has 2 aromatic rings. The molecule has 35 heavy (non-hydrogen) atoms. The van der Waals surface area contributed by atoms with Crippen molar-refractivity contribution >= 4 is 39.6 Å². The van der Waals surface area contributed by atoms with Gasteiger partial charge < -0.3 is 14.2 Å². The molecule has 0 heterocycles. The predicted octanol–water partition coefficient (Wildman–Crippen LogP) is 4.73. The third-order valence-electron chi connectivity index (χ3n) is 6.51. The Kier molecular flexibility index (Phi) is 8.83. The SMILES string of the molecule is CCOC(=O)C1(C(=O)OCC)C[C@H](CC(=O)OC)[C@@H](C(=O)c2ccc(Br)cc2)[C@H]1c1ccccc1. The van der Waals surface area contributed by atoms with Gasteiger partial charge in [0.1, 0.15) is 0 Å². The molecule has 0 aliphatic heterocycles. The van der Waals surface area contributed by atoms with E-state index in [1.54, 1.807) is 62.4 Å². The molecule has 0 saturated heterocycles. The largest absolute Gasteiger partial charge is 0.469 e. The van der Waals surface area contributed by atoms with Crippen molar-refractivity contribution in [3.8, 4) is 0 Å². The van der Waals surface area contributed by atoms with Crippen LogP contribution in [-0.4, -0.2) is 44.0 Å². The molecule has 1 aliphatic rings. The lowest BCUT2D eigenvalue weighted by atomic mass is 9.70. The van der Waals surface area contributed by atoms with Crippen LogP contribution in [-0.2, 0) is 28.6 Å². The fourth-order valence-corrected chi connectivity index (χ4v) is 5.36. The van der Waals surface area contributed by atoms with E-state index in [-0.39, 0.29) is 31.8 Å². The molecule has 3 rings (SSSR count). The Balaban J connectivity index is 2.27. The van der Waals surface area contributed by atoms with Gasteiger partial charge in [0.15, 0.2) is 11.2 Å². The minimum atomic E-state index is -1.79. The van der Waals surface area contributed by atoms with Crippen molar-refractivity contribution in [3.63, 3.8) is 0 Å². The zero-order valence-electron chi connectivity index (χ0n) is 20.0. The molecule has 0 spiro atoms. The van der Waals surface area contributed by atoms with Crippen molar-refractivity contribution in [1.82, 2.24) is 0 Å². The van der Waals surface area contributed by atoms with Gasteiger partial charge in [0.05, 0.1) is 20.3 Å². The van der Waals surface area contributed by atoms with E-state index in [0.717, 1.165) is 4.47 Å². The van der Waals surface area contributed by atoms with Gasteiger partial charge in [0.25, 0.3) is 0 Å². The molecule has 186 valence electrons. The second-order valence-electron chi connectivity index (χ2n) is 8.44. The predicted molar refractivity (Wildman–Crippen MR) is 132 cm³/mol. The second kappa shape index (κ2) is 11.6. The topological polar surface area (TPSA) is 96.0 Å². The highest BCUT2D eigenvalue weighted by molar-refractivity contribution is 9.10. The van der Waals surface area contributed by atoms with Gasteiger partial charge in [-0.05, 0) is 43.9 Å². The minimum Gasteiger partial charge on any atom is -0.469 e. The number of ketones is 1. The molecular formula is C27H29BrO7. The number of carbonyl (C=O) groups is 4. The number of methoxy groups -OCH3 is 1. The molecule has 0 aromatic heterocycles. The number of hydrogen-bond donors (Lipinski definition) is 0. The molecule has 1 fully saturated rings. The summed E-state index contributed by atoms with van der Waals surface area (Å²) in [5, 5.41) is 0. The number of ether oxygens (including phenoxy) is 3. The van der Waals surface area contributed by atoms with Crippen LogP contribution in [0.25, 0.3) is 0 Å². The van der Waals surface area contributed by atoms with E-state index in [0.29, 0.717) is 11.1 Å². The molecule has 1 aliphatic carbocycles. The maximum atomic E-state index is 14.0. The fraction of sp³-hybridized carbons (Fsp3) is 0.407. The Labute approximate surface area is 213 Å². The summed E-state index contributed by atoms with van der Waals surface area (Å²) in [5.74, 6) is -4.73. The van der Waals surface area contributed by atoms with Crippen molar-refractivity contribution in [3.05, 3.63) is 70.2 Å². The monoisotopic (exact) mass is 544 g/mol. The van der Waals surface area contributed by atoms with Crippen LogP contribution in [0.1, 0.15) is 48.5 Å². The van der Waals surface area contributed by atoms with E-state index in [4.69, 9.17) is 14.2 Å². The highest BCUT2D eigenvalue weighted by Gasteiger charge is 2.66. The maximum Gasteiger partial charge on any atom is 0.324 e. The average molecular weight is 545 g/mol. The lowest BCUT2D eigenvalue weighted by Crippen LogP contribution is -2.45. The van der Waals surface area contributed by atoms with Gasteiger partial charge >= 0.3 is 17.9 Å². The Morgan fingerprint density at radius 1 is 0.914 bits per heavy atom. The summed E-state index contributed by atoms with van der Waals surface area (Å²) in [6, 6.07) is 15.8. The summed E-state index contributed by atoms with van der Waals surface area (Å²) in [7, 11) is 1.27. The summed E-state index contributed by atoms with van der Waals surface area (Å²) in [6.07, 6.45) is -0.209. The number of Topliss-reactive ketones (excluding diaryl/α,β-unsaturated/α-hetero) is 1. The molecule has 2 aromatic carbocycles. The molecule has 0 amide bonds. The average Bonchev–Trinajstić information content (AvgIpc) is 3.20. The lowest BCUT2D eigenvalue weighted by Gasteiger charge is -2.33. The van der Waals surface area contributed by atoms with Crippen molar-refractivity contribution in [2.75, 3.05) is 20.3 Å². The van der Waals surface area contributed by atoms with Crippen LogP contribution in [0.2, 0.25) is 0 Å². The lowest BCUT2D eigenvalue weighted by molar-refractivity contribution is -0.173. The molecular weight excluding hydrogens is 516 g/mol. The number of hydrogen-bond acceptors (Lipinski definition) is 7. The third-order valence-corrected chi connectivity index (χ3v) is 7.04.